The molecule has 1 atom stereocenters. The zero-order chi connectivity index (χ0) is 13.2. The number of rotatable bonds is 5. The highest BCUT2D eigenvalue weighted by atomic mass is 32.2. The second-order valence-corrected chi connectivity index (χ2v) is 6.18. The minimum absolute atomic E-state index is 0.148. The molecule has 0 saturated carbocycles. The van der Waals surface area contributed by atoms with Crippen molar-refractivity contribution in [3.63, 3.8) is 0 Å². The number of ether oxygens (including phenoxy) is 1. The van der Waals surface area contributed by atoms with Crippen LogP contribution in [0, 0.1) is 13.8 Å². The topological polar surface area (TPSA) is 81.4 Å². The first kappa shape index (κ1) is 13.5. The average molecular weight is 274 g/mol. The summed E-state index contributed by atoms with van der Waals surface area (Å²) in [6.07, 6.45) is 2.94. The second-order valence-electron chi connectivity index (χ2n) is 4.47. The molecule has 0 amide bonds. The Balaban J connectivity index is 1.95. The molecule has 0 spiro atoms. The summed E-state index contributed by atoms with van der Waals surface area (Å²) < 4.78 is 37.0. The first-order valence-corrected chi connectivity index (χ1v) is 7.53. The molecule has 1 fully saturated rings. The fraction of sp³-hybridized carbons (Fsp3) is 0.727. The summed E-state index contributed by atoms with van der Waals surface area (Å²) in [4.78, 5) is 0.148. The molecule has 1 aromatic heterocycles. The van der Waals surface area contributed by atoms with Crippen LogP contribution < -0.4 is 4.72 Å². The van der Waals surface area contributed by atoms with Gasteiger partial charge in [-0.15, -0.1) is 0 Å². The molecule has 1 N–H and O–H groups in total. The largest absolute Gasteiger partial charge is 0.378 e. The summed E-state index contributed by atoms with van der Waals surface area (Å²) in [6.45, 7) is 4.36. The van der Waals surface area contributed by atoms with E-state index in [0.29, 0.717) is 24.4 Å². The number of sulfonamides is 1. The number of nitrogens with zero attached hydrogens (tertiary/aromatic N) is 1. The van der Waals surface area contributed by atoms with E-state index in [0.717, 1.165) is 19.4 Å². The Morgan fingerprint density at radius 2 is 2.22 bits per heavy atom. The third kappa shape index (κ3) is 2.90. The minimum atomic E-state index is -3.53. The quantitative estimate of drug-likeness (QED) is 0.870. The molecule has 0 radical (unpaired) electrons. The number of aryl methyl sites for hydroxylation is 2. The summed E-state index contributed by atoms with van der Waals surface area (Å²) in [5.41, 5.74) is 0.386. The number of hydrogen-bond acceptors (Lipinski definition) is 5. The lowest BCUT2D eigenvalue weighted by atomic mass is 10.2. The molecule has 0 aromatic carbocycles. The zero-order valence-electron chi connectivity index (χ0n) is 10.6. The van der Waals surface area contributed by atoms with E-state index in [1.807, 2.05) is 0 Å². The fourth-order valence-electron chi connectivity index (χ4n) is 2.16. The van der Waals surface area contributed by atoms with Crippen LogP contribution in [-0.2, 0) is 14.8 Å². The highest BCUT2D eigenvalue weighted by molar-refractivity contribution is 7.89. The highest BCUT2D eigenvalue weighted by Crippen LogP contribution is 2.19. The van der Waals surface area contributed by atoms with E-state index in [1.165, 1.54) is 0 Å². The van der Waals surface area contributed by atoms with Crippen molar-refractivity contribution in [2.24, 2.45) is 0 Å². The van der Waals surface area contributed by atoms with Crippen LogP contribution in [0.4, 0.5) is 0 Å². The predicted molar refractivity (Wildman–Crippen MR) is 64.8 cm³/mol. The van der Waals surface area contributed by atoms with E-state index in [2.05, 4.69) is 9.88 Å². The molecule has 0 aliphatic carbocycles. The molecule has 2 heterocycles. The number of nitrogens with one attached hydrogen (secondary N) is 1. The minimum Gasteiger partial charge on any atom is -0.378 e. The van der Waals surface area contributed by atoms with Gasteiger partial charge in [-0.2, -0.15) is 0 Å². The lowest BCUT2D eigenvalue weighted by molar-refractivity contribution is 0.105. The number of aromatic nitrogens is 1. The lowest BCUT2D eigenvalue weighted by Crippen LogP contribution is -2.28. The molecule has 0 bridgehead atoms. The maximum Gasteiger partial charge on any atom is 0.245 e. The predicted octanol–water partition coefficient (Wildman–Crippen LogP) is 1.14. The molecule has 102 valence electrons. The second kappa shape index (κ2) is 5.38. The van der Waals surface area contributed by atoms with E-state index in [4.69, 9.17) is 9.26 Å². The fourth-order valence-corrected chi connectivity index (χ4v) is 3.53. The Hall–Kier alpha value is -0.920. The highest BCUT2D eigenvalue weighted by Gasteiger charge is 2.24. The van der Waals surface area contributed by atoms with Crippen molar-refractivity contribution in [2.45, 2.75) is 44.1 Å². The third-order valence-electron chi connectivity index (χ3n) is 3.02. The maximum atomic E-state index is 12.1. The summed E-state index contributed by atoms with van der Waals surface area (Å²) in [6, 6.07) is 0. The van der Waals surface area contributed by atoms with Crippen molar-refractivity contribution in [1.29, 1.82) is 0 Å². The Morgan fingerprint density at radius 3 is 2.78 bits per heavy atom. The molecular formula is C11H18N2O4S. The Bertz CT molecular complexity index is 484. The van der Waals surface area contributed by atoms with Crippen molar-refractivity contribution in [1.82, 2.24) is 9.88 Å². The van der Waals surface area contributed by atoms with Crippen LogP contribution in [0.25, 0.3) is 0 Å². The van der Waals surface area contributed by atoms with Gasteiger partial charge < -0.3 is 9.26 Å². The van der Waals surface area contributed by atoms with Gasteiger partial charge in [-0.05, 0) is 33.1 Å². The molecular weight excluding hydrogens is 256 g/mol. The van der Waals surface area contributed by atoms with Crippen LogP contribution in [0.2, 0.25) is 0 Å². The van der Waals surface area contributed by atoms with Crippen LogP contribution in [0.3, 0.4) is 0 Å². The Kier molecular flexibility index (Phi) is 4.04. The summed E-state index contributed by atoms with van der Waals surface area (Å²) in [5, 5.41) is 3.65. The molecule has 1 aliphatic heterocycles. The van der Waals surface area contributed by atoms with Crippen LogP contribution in [-0.4, -0.2) is 32.8 Å². The first-order valence-electron chi connectivity index (χ1n) is 6.05. The normalized spacial score (nSPS) is 20.4. The van der Waals surface area contributed by atoms with Gasteiger partial charge in [-0.3, -0.25) is 0 Å². The molecule has 6 nitrogen and oxygen atoms in total. The van der Waals surface area contributed by atoms with Gasteiger partial charge in [0.25, 0.3) is 0 Å². The first-order chi connectivity index (χ1) is 8.50. The summed E-state index contributed by atoms with van der Waals surface area (Å²) in [5.74, 6) is 0.317. The standard InChI is InChI=1S/C11H18N2O4S/c1-8-11(9(2)17-13-8)18(14,15)12-6-5-10-4-3-7-16-10/h10,12H,3-7H2,1-2H3. The average Bonchev–Trinajstić information content (AvgIpc) is 2.89. The van der Waals surface area contributed by atoms with E-state index in [-0.39, 0.29) is 11.0 Å². The molecule has 1 unspecified atom stereocenters. The van der Waals surface area contributed by atoms with Gasteiger partial charge in [0.15, 0.2) is 5.76 Å². The van der Waals surface area contributed by atoms with Gasteiger partial charge in [0.05, 0.1) is 6.10 Å². The van der Waals surface area contributed by atoms with Crippen molar-refractivity contribution in [3.8, 4) is 0 Å². The van der Waals surface area contributed by atoms with Crippen LogP contribution in [0.5, 0.6) is 0 Å². The molecule has 1 saturated heterocycles. The molecule has 1 aliphatic rings. The van der Waals surface area contributed by atoms with Gasteiger partial charge in [0, 0.05) is 13.2 Å². The summed E-state index contributed by atoms with van der Waals surface area (Å²) in [7, 11) is -3.53. The van der Waals surface area contributed by atoms with Gasteiger partial charge >= 0.3 is 0 Å². The van der Waals surface area contributed by atoms with Gasteiger partial charge in [-0.25, -0.2) is 13.1 Å². The van der Waals surface area contributed by atoms with Gasteiger partial charge in [0.1, 0.15) is 10.6 Å². The van der Waals surface area contributed by atoms with Crippen molar-refractivity contribution in [2.75, 3.05) is 13.2 Å². The smallest absolute Gasteiger partial charge is 0.245 e. The van der Waals surface area contributed by atoms with E-state index in [9.17, 15) is 8.42 Å². The Labute approximate surface area is 107 Å². The number of hydrogen-bond donors (Lipinski definition) is 1. The Morgan fingerprint density at radius 1 is 1.44 bits per heavy atom. The van der Waals surface area contributed by atoms with Gasteiger partial charge in [0.2, 0.25) is 10.0 Å². The summed E-state index contributed by atoms with van der Waals surface area (Å²) >= 11 is 0. The van der Waals surface area contributed by atoms with Crippen LogP contribution in [0.1, 0.15) is 30.7 Å². The lowest BCUT2D eigenvalue weighted by Gasteiger charge is -2.10. The SMILES string of the molecule is Cc1noc(C)c1S(=O)(=O)NCCC1CCCO1. The van der Waals surface area contributed by atoms with E-state index < -0.39 is 10.0 Å². The molecule has 2 rings (SSSR count). The molecule has 1 aromatic rings. The van der Waals surface area contributed by atoms with Crippen molar-refractivity contribution in [3.05, 3.63) is 11.5 Å². The maximum absolute atomic E-state index is 12.1. The zero-order valence-corrected chi connectivity index (χ0v) is 11.4. The monoisotopic (exact) mass is 274 g/mol. The van der Waals surface area contributed by atoms with Crippen LogP contribution >= 0.6 is 0 Å². The van der Waals surface area contributed by atoms with E-state index in [1.54, 1.807) is 13.8 Å². The van der Waals surface area contributed by atoms with Crippen molar-refractivity contribution >= 4 is 10.0 Å². The van der Waals surface area contributed by atoms with E-state index >= 15 is 0 Å². The van der Waals surface area contributed by atoms with Crippen molar-refractivity contribution < 1.29 is 17.7 Å². The van der Waals surface area contributed by atoms with Gasteiger partial charge in [-0.1, -0.05) is 5.16 Å². The van der Waals surface area contributed by atoms with Crippen LogP contribution in [0.15, 0.2) is 9.42 Å². The molecule has 18 heavy (non-hydrogen) atoms. The molecule has 7 heteroatoms. The third-order valence-corrected chi connectivity index (χ3v) is 4.72.